The van der Waals surface area contributed by atoms with E-state index < -0.39 is 0 Å². The van der Waals surface area contributed by atoms with E-state index in [1.165, 1.54) is 17.7 Å². The van der Waals surface area contributed by atoms with E-state index in [2.05, 4.69) is 73.9 Å². The van der Waals surface area contributed by atoms with E-state index in [1.807, 2.05) is 4.68 Å². The second-order valence-corrected chi connectivity index (χ2v) is 6.40. The van der Waals surface area contributed by atoms with Gasteiger partial charge in [0, 0.05) is 24.7 Å². The molecule has 0 bridgehead atoms. The zero-order valence-electron chi connectivity index (χ0n) is 13.2. The van der Waals surface area contributed by atoms with Crippen molar-refractivity contribution in [3.63, 3.8) is 0 Å². The number of hydrogen-bond donors (Lipinski definition) is 1. The van der Waals surface area contributed by atoms with Crippen LogP contribution in [0.4, 0.5) is 0 Å². The molecule has 1 saturated carbocycles. The molecule has 0 amide bonds. The zero-order valence-corrected chi connectivity index (χ0v) is 13.2. The number of nitrogens with zero attached hydrogens (tertiary/aromatic N) is 2. The maximum absolute atomic E-state index is 4.68. The SMILES string of the molecule is CNC(Cc1ccn(C(C)C)n1)C1CC1c1ccccc1. The van der Waals surface area contributed by atoms with E-state index in [-0.39, 0.29) is 0 Å². The summed E-state index contributed by atoms with van der Waals surface area (Å²) in [6.07, 6.45) is 4.40. The van der Waals surface area contributed by atoms with Crippen molar-refractivity contribution >= 4 is 0 Å². The van der Waals surface area contributed by atoms with E-state index in [9.17, 15) is 0 Å². The van der Waals surface area contributed by atoms with E-state index >= 15 is 0 Å². The Balaban J connectivity index is 1.64. The molecule has 1 fully saturated rings. The Labute approximate surface area is 127 Å². The summed E-state index contributed by atoms with van der Waals surface area (Å²) in [5, 5.41) is 8.18. The highest BCUT2D eigenvalue weighted by Crippen LogP contribution is 2.49. The highest BCUT2D eigenvalue weighted by Gasteiger charge is 2.43. The molecule has 21 heavy (non-hydrogen) atoms. The Kier molecular flexibility index (Phi) is 4.11. The molecule has 1 heterocycles. The third-order valence-corrected chi connectivity index (χ3v) is 4.58. The highest BCUT2D eigenvalue weighted by atomic mass is 15.3. The van der Waals surface area contributed by atoms with Crippen LogP contribution in [0.1, 0.15) is 43.5 Å². The first-order valence-electron chi connectivity index (χ1n) is 7.95. The lowest BCUT2D eigenvalue weighted by molar-refractivity contribution is 0.474. The maximum Gasteiger partial charge on any atom is 0.0640 e. The predicted molar refractivity (Wildman–Crippen MR) is 86.5 cm³/mol. The average molecular weight is 283 g/mol. The van der Waals surface area contributed by atoms with Gasteiger partial charge in [-0.2, -0.15) is 5.10 Å². The van der Waals surface area contributed by atoms with Gasteiger partial charge in [-0.25, -0.2) is 0 Å². The second kappa shape index (κ2) is 6.02. The molecule has 3 rings (SSSR count). The van der Waals surface area contributed by atoms with E-state index in [4.69, 9.17) is 0 Å². The van der Waals surface area contributed by atoms with Crippen LogP contribution in [0.5, 0.6) is 0 Å². The quantitative estimate of drug-likeness (QED) is 0.880. The van der Waals surface area contributed by atoms with Crippen molar-refractivity contribution < 1.29 is 0 Å². The molecule has 112 valence electrons. The van der Waals surface area contributed by atoms with E-state index in [0.717, 1.165) is 18.3 Å². The van der Waals surface area contributed by atoms with Gasteiger partial charge in [0.25, 0.3) is 0 Å². The van der Waals surface area contributed by atoms with Gasteiger partial charge in [-0.1, -0.05) is 30.3 Å². The standard InChI is InChI=1S/C18H25N3/c1-13(2)21-10-9-15(20-21)11-18(19-3)17-12-16(17)14-7-5-4-6-8-14/h4-10,13,16-19H,11-12H2,1-3H3. The summed E-state index contributed by atoms with van der Waals surface area (Å²) < 4.78 is 2.05. The smallest absolute Gasteiger partial charge is 0.0640 e. The molecule has 1 aromatic heterocycles. The normalized spacial score (nSPS) is 22.5. The number of aromatic nitrogens is 2. The van der Waals surface area contributed by atoms with Crippen LogP contribution >= 0.6 is 0 Å². The molecular weight excluding hydrogens is 258 g/mol. The van der Waals surface area contributed by atoms with Crippen molar-refractivity contribution in [2.45, 2.75) is 44.7 Å². The van der Waals surface area contributed by atoms with Gasteiger partial charge in [0.05, 0.1) is 5.69 Å². The summed E-state index contributed by atoms with van der Waals surface area (Å²) in [4.78, 5) is 0. The number of likely N-dealkylation sites (N-methyl/N-ethyl adjacent to an activating group) is 1. The zero-order chi connectivity index (χ0) is 14.8. The van der Waals surface area contributed by atoms with Crippen molar-refractivity contribution in [1.29, 1.82) is 0 Å². The van der Waals surface area contributed by atoms with Crippen LogP contribution in [-0.2, 0) is 6.42 Å². The Morgan fingerprint density at radius 2 is 2.00 bits per heavy atom. The first-order chi connectivity index (χ1) is 10.2. The number of nitrogens with one attached hydrogen (secondary N) is 1. The molecule has 0 aliphatic heterocycles. The fraction of sp³-hybridized carbons (Fsp3) is 0.500. The summed E-state index contributed by atoms with van der Waals surface area (Å²) >= 11 is 0. The topological polar surface area (TPSA) is 29.9 Å². The number of hydrogen-bond acceptors (Lipinski definition) is 2. The molecule has 0 spiro atoms. The van der Waals surface area contributed by atoms with Gasteiger partial charge in [-0.05, 0) is 50.8 Å². The van der Waals surface area contributed by atoms with Crippen molar-refractivity contribution in [2.24, 2.45) is 5.92 Å². The molecule has 2 aromatic rings. The minimum absolute atomic E-state index is 0.435. The first kappa shape index (κ1) is 14.3. The van der Waals surface area contributed by atoms with Gasteiger partial charge in [0.1, 0.15) is 0 Å². The van der Waals surface area contributed by atoms with Crippen LogP contribution < -0.4 is 5.32 Å². The first-order valence-corrected chi connectivity index (χ1v) is 7.95. The fourth-order valence-corrected chi connectivity index (χ4v) is 3.21. The van der Waals surface area contributed by atoms with E-state index in [1.54, 1.807) is 0 Å². The van der Waals surface area contributed by atoms with Gasteiger partial charge in [0.2, 0.25) is 0 Å². The Bertz CT molecular complexity index is 573. The summed E-state index contributed by atoms with van der Waals surface area (Å²) in [6.45, 7) is 4.33. The molecule has 3 atom stereocenters. The average Bonchev–Trinajstić information content (AvgIpc) is 3.15. The molecule has 0 radical (unpaired) electrons. The highest BCUT2D eigenvalue weighted by molar-refractivity contribution is 5.27. The lowest BCUT2D eigenvalue weighted by Crippen LogP contribution is -2.30. The van der Waals surface area contributed by atoms with Crippen molar-refractivity contribution in [3.05, 3.63) is 53.9 Å². The minimum atomic E-state index is 0.435. The predicted octanol–water partition coefficient (Wildman–Crippen LogP) is 3.40. The second-order valence-electron chi connectivity index (χ2n) is 6.40. The van der Waals surface area contributed by atoms with Crippen molar-refractivity contribution in [1.82, 2.24) is 15.1 Å². The van der Waals surface area contributed by atoms with Gasteiger partial charge in [0.15, 0.2) is 0 Å². The molecule has 1 aliphatic rings. The molecule has 0 saturated heterocycles. The maximum atomic E-state index is 4.68. The third-order valence-electron chi connectivity index (χ3n) is 4.58. The summed E-state index contributed by atoms with van der Waals surface area (Å²) in [7, 11) is 2.07. The Hall–Kier alpha value is -1.61. The van der Waals surface area contributed by atoms with Gasteiger partial charge in [-0.15, -0.1) is 0 Å². The molecule has 3 nitrogen and oxygen atoms in total. The van der Waals surface area contributed by atoms with Gasteiger partial charge in [-0.3, -0.25) is 4.68 Å². The lowest BCUT2D eigenvalue weighted by Gasteiger charge is -2.15. The molecule has 1 N–H and O–H groups in total. The van der Waals surface area contributed by atoms with Crippen LogP contribution in [0.3, 0.4) is 0 Å². The summed E-state index contributed by atoms with van der Waals surface area (Å²) in [5.74, 6) is 1.46. The molecular formula is C18H25N3. The van der Waals surface area contributed by atoms with Crippen molar-refractivity contribution in [3.8, 4) is 0 Å². The van der Waals surface area contributed by atoms with Crippen molar-refractivity contribution in [2.75, 3.05) is 7.05 Å². The number of rotatable bonds is 6. The molecule has 1 aliphatic carbocycles. The third kappa shape index (κ3) is 3.18. The Morgan fingerprint density at radius 3 is 2.62 bits per heavy atom. The summed E-state index contributed by atoms with van der Waals surface area (Å²) in [6, 6.07) is 14.0. The molecule has 3 heteroatoms. The lowest BCUT2D eigenvalue weighted by atomic mass is 10.0. The van der Waals surface area contributed by atoms with Crippen LogP contribution in [0.25, 0.3) is 0 Å². The number of benzene rings is 1. The largest absolute Gasteiger partial charge is 0.316 e. The Morgan fingerprint density at radius 1 is 1.24 bits per heavy atom. The van der Waals surface area contributed by atoms with Crippen LogP contribution in [0.2, 0.25) is 0 Å². The van der Waals surface area contributed by atoms with Crippen LogP contribution in [0, 0.1) is 5.92 Å². The van der Waals surface area contributed by atoms with Gasteiger partial charge >= 0.3 is 0 Å². The van der Waals surface area contributed by atoms with Gasteiger partial charge < -0.3 is 5.32 Å². The fourth-order valence-electron chi connectivity index (χ4n) is 3.21. The monoisotopic (exact) mass is 283 g/mol. The molecule has 1 aromatic carbocycles. The van der Waals surface area contributed by atoms with Crippen LogP contribution in [-0.4, -0.2) is 22.9 Å². The van der Waals surface area contributed by atoms with Crippen LogP contribution in [0.15, 0.2) is 42.6 Å². The molecule has 3 unspecified atom stereocenters. The van der Waals surface area contributed by atoms with E-state index in [0.29, 0.717) is 12.1 Å². The summed E-state index contributed by atoms with van der Waals surface area (Å²) in [5.41, 5.74) is 2.68. The minimum Gasteiger partial charge on any atom is -0.316 e.